The van der Waals surface area contributed by atoms with Crippen LogP contribution < -0.4 is 0 Å². The van der Waals surface area contributed by atoms with E-state index >= 15 is 0 Å². The fourth-order valence-electron chi connectivity index (χ4n) is 4.91. The highest BCUT2D eigenvalue weighted by Crippen LogP contribution is 2.20. The van der Waals surface area contributed by atoms with Crippen molar-refractivity contribution in [3.63, 3.8) is 0 Å². The van der Waals surface area contributed by atoms with E-state index in [0.29, 0.717) is 0 Å². The largest absolute Gasteiger partial charge is 0.230 e. The summed E-state index contributed by atoms with van der Waals surface area (Å²) < 4.78 is 0. The van der Waals surface area contributed by atoms with Crippen LogP contribution >= 0.6 is 0 Å². The van der Waals surface area contributed by atoms with E-state index in [-0.39, 0.29) is 0 Å². The van der Waals surface area contributed by atoms with Gasteiger partial charge in [0.2, 0.25) is 0 Å². The van der Waals surface area contributed by atoms with Crippen molar-refractivity contribution in [2.45, 2.75) is 175 Å². The molecule has 191 valence electrons. The molecule has 0 saturated carbocycles. The molecule has 0 saturated heterocycles. The Hall–Kier alpha value is -0.920. The van der Waals surface area contributed by atoms with Gasteiger partial charge in [0, 0.05) is 11.4 Å². The van der Waals surface area contributed by atoms with Crippen LogP contribution in [0.1, 0.15) is 173 Å². The lowest BCUT2D eigenvalue weighted by molar-refractivity contribution is 0.572. The van der Waals surface area contributed by atoms with Gasteiger partial charge in [0.15, 0.2) is 6.33 Å². The molecule has 0 atom stereocenters. The normalized spacial score (nSPS) is 11.4. The van der Waals surface area contributed by atoms with Crippen LogP contribution in [0.4, 0.5) is 0 Å². The minimum absolute atomic E-state index is 1.13. The van der Waals surface area contributed by atoms with E-state index in [2.05, 4.69) is 37.1 Å². The molecule has 0 N–H and O–H groups in total. The van der Waals surface area contributed by atoms with Gasteiger partial charge in [-0.2, -0.15) is 0 Å². The van der Waals surface area contributed by atoms with Gasteiger partial charge in [-0.15, -0.1) is 0 Å². The first-order chi connectivity index (χ1) is 16.3. The summed E-state index contributed by atoms with van der Waals surface area (Å²) >= 11 is 0. The number of rotatable bonds is 24. The second-order valence-electron chi connectivity index (χ2n) is 10.3. The van der Waals surface area contributed by atoms with Gasteiger partial charge in [-0.25, -0.2) is 9.97 Å². The van der Waals surface area contributed by atoms with Gasteiger partial charge in [-0.1, -0.05) is 136 Å². The zero-order valence-electron chi connectivity index (χ0n) is 22.9. The van der Waals surface area contributed by atoms with Crippen LogP contribution in [0.2, 0.25) is 0 Å². The predicted molar refractivity (Wildman–Crippen MR) is 146 cm³/mol. The predicted octanol–water partition coefficient (Wildman–Crippen LogP) is 10.2. The maximum atomic E-state index is 4.67. The van der Waals surface area contributed by atoms with Crippen LogP contribution in [0.3, 0.4) is 0 Å². The lowest BCUT2D eigenvalue weighted by atomic mass is 9.96. The standard InChI is InChI=1S/C31H57N2/c1-4-7-10-13-16-19-22-25-29-30(26-23-20-17-14-11-8-5-2)32-28-33-31(29)27-24-21-18-15-12-9-6-3/h4-27H2,1-3H3. The highest BCUT2D eigenvalue weighted by molar-refractivity contribution is 5.25. The van der Waals surface area contributed by atoms with E-state index in [1.807, 2.05) is 0 Å². The van der Waals surface area contributed by atoms with Gasteiger partial charge < -0.3 is 0 Å². The molecule has 0 bridgehead atoms. The third-order valence-corrected chi connectivity index (χ3v) is 7.13. The number of aromatic nitrogens is 2. The zero-order valence-corrected chi connectivity index (χ0v) is 22.9. The van der Waals surface area contributed by atoms with Crippen LogP contribution in [0.25, 0.3) is 0 Å². The summed E-state index contributed by atoms with van der Waals surface area (Å²) in [6.07, 6.45) is 35.1. The molecule has 0 aromatic carbocycles. The summed E-state index contributed by atoms with van der Waals surface area (Å²) in [7, 11) is 0. The highest BCUT2D eigenvalue weighted by atomic mass is 14.8. The molecule has 0 aliphatic carbocycles. The lowest BCUT2D eigenvalue weighted by Gasteiger charge is -2.13. The van der Waals surface area contributed by atoms with E-state index < -0.39 is 0 Å². The molecule has 0 aliphatic heterocycles. The summed E-state index contributed by atoms with van der Waals surface area (Å²) in [6.45, 7) is 6.89. The molecule has 1 rings (SSSR count). The van der Waals surface area contributed by atoms with Crippen LogP contribution in [0.15, 0.2) is 0 Å². The van der Waals surface area contributed by atoms with Crippen molar-refractivity contribution in [3.8, 4) is 0 Å². The number of aryl methyl sites for hydroxylation is 2. The Kier molecular flexibility index (Phi) is 20.9. The Balaban J connectivity index is 2.51. The van der Waals surface area contributed by atoms with Crippen LogP contribution in [0, 0.1) is 6.33 Å². The van der Waals surface area contributed by atoms with Crippen molar-refractivity contribution < 1.29 is 0 Å². The van der Waals surface area contributed by atoms with Crippen molar-refractivity contribution >= 4 is 0 Å². The molecule has 0 aliphatic rings. The van der Waals surface area contributed by atoms with E-state index in [9.17, 15) is 0 Å². The van der Waals surface area contributed by atoms with Crippen LogP contribution in [-0.4, -0.2) is 9.97 Å². The average molecular weight is 458 g/mol. The van der Waals surface area contributed by atoms with E-state index in [1.165, 1.54) is 158 Å². The molecule has 0 fully saturated rings. The molecule has 1 heterocycles. The first-order valence-electron chi connectivity index (χ1n) is 15.1. The van der Waals surface area contributed by atoms with Crippen molar-refractivity contribution in [1.29, 1.82) is 0 Å². The zero-order chi connectivity index (χ0) is 23.8. The Bertz CT molecular complexity index is 503. The van der Waals surface area contributed by atoms with Gasteiger partial charge in [0.1, 0.15) is 0 Å². The average Bonchev–Trinajstić information content (AvgIpc) is 2.83. The van der Waals surface area contributed by atoms with Crippen molar-refractivity contribution in [2.75, 3.05) is 0 Å². The molecule has 1 aromatic rings. The molecule has 33 heavy (non-hydrogen) atoms. The minimum Gasteiger partial charge on any atom is -0.230 e. The molecular formula is C31H57N2. The third-order valence-electron chi connectivity index (χ3n) is 7.13. The van der Waals surface area contributed by atoms with Gasteiger partial charge in [0.05, 0.1) is 0 Å². The molecule has 0 unspecified atom stereocenters. The Morgan fingerprint density at radius 3 is 1.06 bits per heavy atom. The van der Waals surface area contributed by atoms with Gasteiger partial charge in [-0.05, 0) is 44.1 Å². The fraction of sp³-hybridized carbons (Fsp3) is 0.871. The second-order valence-corrected chi connectivity index (χ2v) is 10.3. The highest BCUT2D eigenvalue weighted by Gasteiger charge is 2.12. The summed E-state index contributed by atoms with van der Waals surface area (Å²) in [5.74, 6) is 0. The molecule has 0 spiro atoms. The van der Waals surface area contributed by atoms with E-state index in [4.69, 9.17) is 0 Å². The van der Waals surface area contributed by atoms with Gasteiger partial charge in [-0.3, -0.25) is 0 Å². The Morgan fingerprint density at radius 2 is 0.697 bits per heavy atom. The molecule has 1 aromatic heterocycles. The molecular weight excluding hydrogens is 400 g/mol. The lowest BCUT2D eigenvalue weighted by Crippen LogP contribution is -2.07. The Labute approximate surface area is 208 Å². The molecule has 1 radical (unpaired) electrons. The smallest absolute Gasteiger partial charge is 0.198 e. The quantitative estimate of drug-likeness (QED) is 0.144. The molecule has 0 amide bonds. The molecule has 2 heteroatoms. The van der Waals surface area contributed by atoms with Crippen LogP contribution in [0.5, 0.6) is 0 Å². The second kappa shape index (κ2) is 22.9. The monoisotopic (exact) mass is 457 g/mol. The summed E-state index contributed by atoms with van der Waals surface area (Å²) in [5.41, 5.74) is 4.14. The van der Waals surface area contributed by atoms with E-state index in [0.717, 1.165) is 12.8 Å². The van der Waals surface area contributed by atoms with Crippen LogP contribution in [-0.2, 0) is 19.3 Å². The maximum absolute atomic E-state index is 4.67. The van der Waals surface area contributed by atoms with Gasteiger partial charge >= 0.3 is 0 Å². The van der Waals surface area contributed by atoms with Crippen molar-refractivity contribution in [2.24, 2.45) is 0 Å². The summed E-state index contributed by atoms with van der Waals surface area (Å²) in [5, 5.41) is 0. The maximum Gasteiger partial charge on any atom is 0.198 e. The topological polar surface area (TPSA) is 25.8 Å². The summed E-state index contributed by atoms with van der Waals surface area (Å²) in [4.78, 5) is 9.34. The number of hydrogen-bond donors (Lipinski definition) is 0. The number of nitrogens with zero attached hydrogens (tertiary/aromatic N) is 2. The third kappa shape index (κ3) is 16.4. The summed E-state index contributed by atoms with van der Waals surface area (Å²) in [6, 6.07) is 0. The first-order valence-corrected chi connectivity index (χ1v) is 15.1. The van der Waals surface area contributed by atoms with E-state index in [1.54, 1.807) is 0 Å². The molecule has 2 nitrogen and oxygen atoms in total. The van der Waals surface area contributed by atoms with Gasteiger partial charge in [0.25, 0.3) is 0 Å². The van der Waals surface area contributed by atoms with Crippen molar-refractivity contribution in [1.82, 2.24) is 9.97 Å². The first kappa shape index (κ1) is 30.1. The fourth-order valence-corrected chi connectivity index (χ4v) is 4.91. The van der Waals surface area contributed by atoms with Crippen molar-refractivity contribution in [3.05, 3.63) is 23.3 Å². The Morgan fingerprint density at radius 1 is 0.394 bits per heavy atom. The number of hydrogen-bond acceptors (Lipinski definition) is 2. The SMILES string of the molecule is CCCCCCCCCc1n[c]nc(CCCCCCCCC)c1CCCCCCCCC. The minimum atomic E-state index is 1.13. The number of unbranched alkanes of at least 4 members (excludes halogenated alkanes) is 18.